The molecule has 3 aromatic heterocycles. The third kappa shape index (κ3) is 5.44. The molecule has 0 amide bonds. The third-order valence-corrected chi connectivity index (χ3v) is 9.64. The lowest BCUT2D eigenvalue weighted by molar-refractivity contribution is 0.00578. The molecule has 0 aliphatic carbocycles. The topological polar surface area (TPSA) is 75.8 Å². The largest absolute Gasteiger partial charge is 0.495 e. The van der Waals surface area contributed by atoms with Gasteiger partial charge in [0.25, 0.3) is 0 Å². The smallest absolute Gasteiger partial charge is 0.399 e. The van der Waals surface area contributed by atoms with Crippen molar-refractivity contribution in [3.63, 3.8) is 0 Å². The summed E-state index contributed by atoms with van der Waals surface area (Å²) in [5.74, 6) is 1.69. The molecule has 0 unspecified atom stereocenters. The zero-order chi connectivity index (χ0) is 27.3. The minimum atomic E-state index is -1.12. The Morgan fingerprint density at radius 3 is 2.50 bits per heavy atom. The molecule has 0 saturated carbocycles. The van der Waals surface area contributed by atoms with Crippen LogP contribution in [0.15, 0.2) is 30.6 Å². The van der Waals surface area contributed by atoms with Crippen LogP contribution in [0.4, 0.5) is 5.82 Å². The normalized spacial score (nSPS) is 21.5. The van der Waals surface area contributed by atoms with Gasteiger partial charge in [0.1, 0.15) is 18.2 Å². The van der Waals surface area contributed by atoms with E-state index in [2.05, 4.69) is 71.3 Å². The van der Waals surface area contributed by atoms with Crippen LogP contribution in [-0.4, -0.2) is 78.1 Å². The fourth-order valence-corrected chi connectivity index (χ4v) is 5.53. The highest BCUT2D eigenvalue weighted by atomic mass is 28.3. The molecule has 0 bridgehead atoms. The summed E-state index contributed by atoms with van der Waals surface area (Å²) in [6.07, 6.45) is 3.98. The van der Waals surface area contributed by atoms with E-state index in [4.69, 9.17) is 28.9 Å². The van der Waals surface area contributed by atoms with Crippen molar-refractivity contribution in [2.24, 2.45) is 0 Å². The summed E-state index contributed by atoms with van der Waals surface area (Å²) < 4.78 is 28.5. The van der Waals surface area contributed by atoms with Gasteiger partial charge in [-0.15, -0.1) is 0 Å². The minimum Gasteiger partial charge on any atom is -0.399 e. The number of fused-ring (bicyclic) bond motifs is 1. The molecule has 38 heavy (non-hydrogen) atoms. The van der Waals surface area contributed by atoms with E-state index in [1.165, 1.54) is 0 Å². The number of pyridine rings is 1. The van der Waals surface area contributed by atoms with Gasteiger partial charge in [0, 0.05) is 45.1 Å². The fraction of sp³-hybridized carbons (Fsp3) is 0.630. The molecular weight excluding hydrogens is 497 g/mol. The molecule has 0 radical (unpaired) electrons. The SMILES string of the molecule is C[C@@H]1COCCN1c1cc(B2OC(C)(C)C(C)(C)O2)c2ccn(-c3ccn(COCC[Si](C)(C)C)n3)c2n1. The van der Waals surface area contributed by atoms with Gasteiger partial charge in [0.05, 0.1) is 30.5 Å². The fourth-order valence-electron chi connectivity index (χ4n) is 4.77. The second-order valence-electron chi connectivity index (χ2n) is 12.8. The van der Waals surface area contributed by atoms with Gasteiger partial charge in [0.2, 0.25) is 0 Å². The summed E-state index contributed by atoms with van der Waals surface area (Å²) in [7, 11) is -1.62. The molecule has 2 aliphatic rings. The van der Waals surface area contributed by atoms with Gasteiger partial charge in [-0.25, -0.2) is 9.67 Å². The number of hydrogen-bond acceptors (Lipinski definition) is 7. The van der Waals surface area contributed by atoms with Gasteiger partial charge >= 0.3 is 7.12 Å². The van der Waals surface area contributed by atoms with E-state index in [-0.39, 0.29) is 6.04 Å². The molecular formula is C27H42BN5O4Si. The minimum absolute atomic E-state index is 0.218. The molecule has 0 spiro atoms. The van der Waals surface area contributed by atoms with E-state index in [1.54, 1.807) is 0 Å². The number of hydrogen-bond donors (Lipinski definition) is 0. The van der Waals surface area contributed by atoms with Gasteiger partial charge in [0.15, 0.2) is 5.82 Å². The van der Waals surface area contributed by atoms with E-state index in [1.807, 2.05) is 27.7 Å². The van der Waals surface area contributed by atoms with Crippen molar-refractivity contribution in [3.8, 4) is 5.82 Å². The van der Waals surface area contributed by atoms with Gasteiger partial charge in [-0.3, -0.25) is 4.57 Å². The van der Waals surface area contributed by atoms with Gasteiger partial charge in [-0.2, -0.15) is 5.10 Å². The highest BCUT2D eigenvalue weighted by Gasteiger charge is 2.52. The summed E-state index contributed by atoms with van der Waals surface area (Å²) >= 11 is 0. The Morgan fingerprint density at radius 2 is 1.82 bits per heavy atom. The standard InChI is InChI=1S/C27H42BN5O4Si/c1-20-18-34-14-13-32(20)24-17-22(28-36-26(2,3)27(4,5)37-28)21-9-12-33(25(21)29-24)23-10-11-31(30-23)19-35-15-16-38(6,7)8/h9-12,17,20H,13-16,18-19H2,1-8H3/t20-/m1/s1. The maximum atomic E-state index is 6.49. The van der Waals surface area contributed by atoms with Crippen LogP contribution in [0.25, 0.3) is 16.9 Å². The van der Waals surface area contributed by atoms with Crippen molar-refractivity contribution in [2.45, 2.75) is 84.3 Å². The first-order valence-electron chi connectivity index (χ1n) is 13.7. The van der Waals surface area contributed by atoms with Crippen molar-refractivity contribution in [1.82, 2.24) is 19.3 Å². The van der Waals surface area contributed by atoms with E-state index in [0.717, 1.165) is 47.3 Å². The predicted molar refractivity (Wildman–Crippen MR) is 154 cm³/mol. The van der Waals surface area contributed by atoms with Gasteiger partial charge in [-0.1, -0.05) is 19.6 Å². The first-order chi connectivity index (χ1) is 17.8. The van der Waals surface area contributed by atoms with Crippen molar-refractivity contribution in [1.29, 1.82) is 0 Å². The van der Waals surface area contributed by atoms with Crippen LogP contribution in [-0.2, 0) is 25.5 Å². The number of rotatable bonds is 8. The monoisotopic (exact) mass is 539 g/mol. The van der Waals surface area contributed by atoms with Crippen molar-refractivity contribution in [2.75, 3.05) is 31.3 Å². The number of anilines is 1. The number of nitrogens with zero attached hydrogens (tertiary/aromatic N) is 5. The highest BCUT2D eigenvalue weighted by Crippen LogP contribution is 2.37. The maximum Gasteiger partial charge on any atom is 0.495 e. The maximum absolute atomic E-state index is 6.49. The average Bonchev–Trinajstić information content (AvgIpc) is 3.51. The summed E-state index contributed by atoms with van der Waals surface area (Å²) in [6.45, 7) is 20.9. The van der Waals surface area contributed by atoms with Crippen molar-refractivity contribution in [3.05, 3.63) is 30.6 Å². The Balaban J connectivity index is 1.49. The number of morpholine rings is 1. The lowest BCUT2D eigenvalue weighted by Crippen LogP contribution is -2.45. The summed E-state index contributed by atoms with van der Waals surface area (Å²) in [4.78, 5) is 7.45. The van der Waals surface area contributed by atoms with Crippen LogP contribution in [0.2, 0.25) is 25.7 Å². The van der Waals surface area contributed by atoms with Crippen LogP contribution in [0, 0.1) is 0 Å². The highest BCUT2D eigenvalue weighted by molar-refractivity contribution is 6.76. The van der Waals surface area contributed by atoms with Crippen LogP contribution in [0.5, 0.6) is 0 Å². The van der Waals surface area contributed by atoms with E-state index in [0.29, 0.717) is 19.9 Å². The Labute approximate surface area is 227 Å². The van der Waals surface area contributed by atoms with E-state index in [9.17, 15) is 0 Å². The Bertz CT molecular complexity index is 1270. The van der Waals surface area contributed by atoms with E-state index >= 15 is 0 Å². The predicted octanol–water partition coefficient (Wildman–Crippen LogP) is 4.06. The van der Waals surface area contributed by atoms with Crippen LogP contribution >= 0.6 is 0 Å². The Hall–Kier alpha value is -2.18. The molecule has 206 valence electrons. The van der Waals surface area contributed by atoms with Crippen molar-refractivity contribution >= 4 is 37.5 Å². The van der Waals surface area contributed by atoms with Crippen molar-refractivity contribution < 1.29 is 18.8 Å². The molecule has 0 aromatic carbocycles. The van der Waals surface area contributed by atoms with Crippen LogP contribution < -0.4 is 10.4 Å². The lowest BCUT2D eigenvalue weighted by Gasteiger charge is -2.34. The average molecular weight is 540 g/mol. The molecule has 3 aromatic rings. The molecule has 1 atom stereocenters. The lowest BCUT2D eigenvalue weighted by atomic mass is 9.77. The number of aromatic nitrogens is 4. The summed E-state index contributed by atoms with van der Waals surface area (Å²) in [5.41, 5.74) is 0.943. The second kappa shape index (κ2) is 10.1. The third-order valence-electron chi connectivity index (χ3n) is 7.94. The molecule has 9 nitrogen and oxygen atoms in total. The Morgan fingerprint density at radius 1 is 1.08 bits per heavy atom. The van der Waals surface area contributed by atoms with Crippen LogP contribution in [0.1, 0.15) is 34.6 Å². The summed E-state index contributed by atoms with van der Waals surface area (Å²) in [5, 5.41) is 5.79. The molecule has 5 rings (SSSR count). The molecule has 2 saturated heterocycles. The first-order valence-corrected chi connectivity index (χ1v) is 17.4. The Kier molecular flexibility index (Phi) is 7.28. The van der Waals surface area contributed by atoms with Gasteiger partial charge in [-0.05, 0) is 58.3 Å². The molecule has 5 heterocycles. The van der Waals surface area contributed by atoms with Crippen LogP contribution in [0.3, 0.4) is 0 Å². The molecule has 0 N–H and O–H groups in total. The van der Waals surface area contributed by atoms with E-state index < -0.39 is 26.4 Å². The number of ether oxygens (including phenoxy) is 2. The zero-order valence-corrected chi connectivity index (χ0v) is 25.2. The molecule has 2 aliphatic heterocycles. The second-order valence-corrected chi connectivity index (χ2v) is 18.4. The molecule has 2 fully saturated rings. The zero-order valence-electron chi connectivity index (χ0n) is 24.2. The van der Waals surface area contributed by atoms with Gasteiger partial charge < -0.3 is 23.7 Å². The first kappa shape index (κ1) is 27.4. The summed E-state index contributed by atoms with van der Waals surface area (Å²) in [6, 6.07) is 7.57. The molecule has 11 heteroatoms. The quantitative estimate of drug-likeness (QED) is 0.316.